The summed E-state index contributed by atoms with van der Waals surface area (Å²) in [6, 6.07) is 15.6. The first-order valence-corrected chi connectivity index (χ1v) is 8.64. The Balaban J connectivity index is 1.74. The quantitative estimate of drug-likeness (QED) is 0.860. The van der Waals surface area contributed by atoms with E-state index in [2.05, 4.69) is 39.4 Å². The maximum absolute atomic E-state index is 13.3. The zero-order valence-electron chi connectivity index (χ0n) is 14.5. The Kier molecular flexibility index (Phi) is 5.36. The molecule has 1 atom stereocenters. The van der Waals surface area contributed by atoms with Crippen LogP contribution in [0.4, 0.5) is 15.8 Å². The Morgan fingerprint density at radius 1 is 1.08 bits per heavy atom. The predicted octanol–water partition coefficient (Wildman–Crippen LogP) is 4.14. The summed E-state index contributed by atoms with van der Waals surface area (Å²) in [5.74, 6) is -0.175. The lowest BCUT2D eigenvalue weighted by atomic mass is 10.1. The van der Waals surface area contributed by atoms with Crippen molar-refractivity contribution in [3.8, 4) is 0 Å². The van der Waals surface area contributed by atoms with Gasteiger partial charge >= 0.3 is 0 Å². The Bertz CT molecular complexity index is 648. The number of halogens is 1. The molecule has 3 rings (SSSR count). The molecule has 1 aliphatic heterocycles. The zero-order chi connectivity index (χ0) is 16.9. The van der Waals surface area contributed by atoms with Crippen LogP contribution in [0.2, 0.25) is 0 Å². The van der Waals surface area contributed by atoms with Gasteiger partial charge in [-0.15, -0.1) is 0 Å². The first kappa shape index (κ1) is 16.8. The standard InChI is InChI=1S/C20H26FN3/c1-23(2)19-7-5-6-18(14-19)22-15-20(24-12-3-4-13-24)16-8-10-17(21)11-9-16/h5-11,14,20,22H,3-4,12-13,15H2,1-2H3. The normalized spacial score (nSPS) is 16.1. The maximum atomic E-state index is 13.3. The van der Waals surface area contributed by atoms with Crippen LogP contribution >= 0.6 is 0 Å². The molecule has 1 unspecified atom stereocenters. The largest absolute Gasteiger partial charge is 0.383 e. The molecule has 0 radical (unpaired) electrons. The fourth-order valence-corrected chi connectivity index (χ4v) is 3.30. The van der Waals surface area contributed by atoms with Gasteiger partial charge in [0, 0.05) is 32.0 Å². The summed E-state index contributed by atoms with van der Waals surface area (Å²) in [5, 5.41) is 3.57. The number of benzene rings is 2. The maximum Gasteiger partial charge on any atom is 0.123 e. The van der Waals surface area contributed by atoms with Crippen LogP contribution in [0.15, 0.2) is 48.5 Å². The van der Waals surface area contributed by atoms with Crippen molar-refractivity contribution >= 4 is 11.4 Å². The minimum Gasteiger partial charge on any atom is -0.383 e. The minimum atomic E-state index is -0.175. The number of hydrogen-bond donors (Lipinski definition) is 1. The average Bonchev–Trinajstić information content (AvgIpc) is 3.11. The van der Waals surface area contributed by atoms with Gasteiger partial charge in [-0.25, -0.2) is 4.39 Å². The molecule has 3 nitrogen and oxygen atoms in total. The molecule has 0 aromatic heterocycles. The number of nitrogens with one attached hydrogen (secondary N) is 1. The number of hydrogen-bond acceptors (Lipinski definition) is 3. The zero-order valence-corrected chi connectivity index (χ0v) is 14.5. The third kappa shape index (κ3) is 4.06. The summed E-state index contributed by atoms with van der Waals surface area (Å²) in [6.07, 6.45) is 2.49. The molecule has 1 saturated heterocycles. The highest BCUT2D eigenvalue weighted by Crippen LogP contribution is 2.26. The van der Waals surface area contributed by atoms with E-state index < -0.39 is 0 Å². The highest BCUT2D eigenvalue weighted by Gasteiger charge is 2.23. The van der Waals surface area contributed by atoms with E-state index in [1.807, 2.05) is 26.2 Å². The minimum absolute atomic E-state index is 0.175. The van der Waals surface area contributed by atoms with Gasteiger partial charge in [-0.1, -0.05) is 18.2 Å². The van der Waals surface area contributed by atoms with Gasteiger partial charge in [0.2, 0.25) is 0 Å². The van der Waals surface area contributed by atoms with E-state index in [-0.39, 0.29) is 11.9 Å². The third-order valence-electron chi connectivity index (χ3n) is 4.70. The van der Waals surface area contributed by atoms with E-state index in [1.54, 1.807) is 12.1 Å². The molecule has 128 valence electrons. The van der Waals surface area contributed by atoms with Crippen LogP contribution in [0.5, 0.6) is 0 Å². The second-order valence-corrected chi connectivity index (χ2v) is 6.64. The smallest absolute Gasteiger partial charge is 0.123 e. The Morgan fingerprint density at radius 2 is 1.79 bits per heavy atom. The van der Waals surface area contributed by atoms with E-state index in [1.165, 1.54) is 24.1 Å². The van der Waals surface area contributed by atoms with Crippen molar-refractivity contribution in [3.05, 3.63) is 59.9 Å². The first-order chi connectivity index (χ1) is 11.6. The lowest BCUT2D eigenvalue weighted by Gasteiger charge is -2.29. The van der Waals surface area contributed by atoms with Crippen LogP contribution in [0, 0.1) is 5.82 Å². The highest BCUT2D eigenvalue weighted by atomic mass is 19.1. The molecule has 1 heterocycles. The average molecular weight is 327 g/mol. The summed E-state index contributed by atoms with van der Waals surface area (Å²) in [5.41, 5.74) is 3.47. The number of rotatable bonds is 6. The molecule has 2 aromatic carbocycles. The molecule has 0 amide bonds. The molecule has 1 N–H and O–H groups in total. The van der Waals surface area contributed by atoms with Gasteiger partial charge in [0.1, 0.15) is 5.82 Å². The molecular weight excluding hydrogens is 301 g/mol. The van der Waals surface area contributed by atoms with Crippen molar-refractivity contribution < 1.29 is 4.39 Å². The molecule has 2 aromatic rings. The van der Waals surface area contributed by atoms with Crippen molar-refractivity contribution in [2.45, 2.75) is 18.9 Å². The van der Waals surface area contributed by atoms with Crippen LogP contribution in [-0.2, 0) is 0 Å². The fourth-order valence-electron chi connectivity index (χ4n) is 3.30. The second-order valence-electron chi connectivity index (χ2n) is 6.64. The van der Waals surface area contributed by atoms with Crippen LogP contribution in [-0.4, -0.2) is 38.6 Å². The molecule has 4 heteroatoms. The van der Waals surface area contributed by atoms with Gasteiger partial charge in [0.15, 0.2) is 0 Å². The number of nitrogens with zero attached hydrogens (tertiary/aromatic N) is 2. The van der Waals surface area contributed by atoms with E-state index >= 15 is 0 Å². The Hall–Kier alpha value is -2.07. The Labute approximate surface area is 144 Å². The Morgan fingerprint density at radius 3 is 2.46 bits per heavy atom. The van der Waals surface area contributed by atoms with E-state index in [9.17, 15) is 4.39 Å². The van der Waals surface area contributed by atoms with Gasteiger partial charge in [-0.3, -0.25) is 4.90 Å². The van der Waals surface area contributed by atoms with E-state index in [0.717, 1.165) is 25.3 Å². The fraction of sp³-hybridized carbons (Fsp3) is 0.400. The molecular formula is C20H26FN3. The van der Waals surface area contributed by atoms with Gasteiger partial charge < -0.3 is 10.2 Å². The molecule has 1 aliphatic rings. The molecule has 1 fully saturated rings. The van der Waals surface area contributed by atoms with Crippen molar-refractivity contribution in [3.63, 3.8) is 0 Å². The molecule has 0 bridgehead atoms. The monoisotopic (exact) mass is 327 g/mol. The van der Waals surface area contributed by atoms with Crippen LogP contribution < -0.4 is 10.2 Å². The number of likely N-dealkylation sites (tertiary alicyclic amines) is 1. The molecule has 0 aliphatic carbocycles. The SMILES string of the molecule is CN(C)c1cccc(NCC(c2ccc(F)cc2)N2CCCC2)c1. The topological polar surface area (TPSA) is 18.5 Å². The van der Waals surface area contributed by atoms with Crippen molar-refractivity contribution in [1.29, 1.82) is 0 Å². The summed E-state index contributed by atoms with van der Waals surface area (Å²) in [6.45, 7) is 3.05. The third-order valence-corrected chi connectivity index (χ3v) is 4.70. The molecule has 0 saturated carbocycles. The van der Waals surface area contributed by atoms with E-state index in [0.29, 0.717) is 0 Å². The van der Waals surface area contributed by atoms with Crippen LogP contribution in [0.1, 0.15) is 24.4 Å². The van der Waals surface area contributed by atoms with Gasteiger partial charge in [-0.2, -0.15) is 0 Å². The highest BCUT2D eigenvalue weighted by molar-refractivity contribution is 5.57. The lowest BCUT2D eigenvalue weighted by molar-refractivity contribution is 0.256. The summed E-state index contributed by atoms with van der Waals surface area (Å²) in [4.78, 5) is 4.60. The van der Waals surface area contributed by atoms with E-state index in [4.69, 9.17) is 0 Å². The summed E-state index contributed by atoms with van der Waals surface area (Å²) in [7, 11) is 4.09. The van der Waals surface area contributed by atoms with Crippen molar-refractivity contribution in [1.82, 2.24) is 4.90 Å². The summed E-state index contributed by atoms with van der Waals surface area (Å²) < 4.78 is 13.3. The lowest BCUT2D eigenvalue weighted by Crippen LogP contribution is -2.31. The first-order valence-electron chi connectivity index (χ1n) is 8.64. The second kappa shape index (κ2) is 7.67. The van der Waals surface area contributed by atoms with Gasteiger partial charge in [0.25, 0.3) is 0 Å². The molecule has 0 spiro atoms. The number of anilines is 2. The summed E-state index contributed by atoms with van der Waals surface area (Å²) >= 11 is 0. The van der Waals surface area contributed by atoms with Crippen molar-refractivity contribution in [2.24, 2.45) is 0 Å². The van der Waals surface area contributed by atoms with Crippen molar-refractivity contribution in [2.75, 3.05) is 43.9 Å². The predicted molar refractivity (Wildman–Crippen MR) is 99.2 cm³/mol. The molecule has 24 heavy (non-hydrogen) atoms. The van der Waals surface area contributed by atoms with Crippen LogP contribution in [0.3, 0.4) is 0 Å². The van der Waals surface area contributed by atoms with Gasteiger partial charge in [-0.05, 0) is 61.8 Å². The van der Waals surface area contributed by atoms with Crippen LogP contribution in [0.25, 0.3) is 0 Å². The van der Waals surface area contributed by atoms with Gasteiger partial charge in [0.05, 0.1) is 6.04 Å².